The molecule has 0 unspecified atom stereocenters. The standard InChI is InChI=1S/C11H12Cl2OS3/c1-15-10(14)11(16-2,17-3)7-4-8(12)6-9(13)5-7/h4-6H,1-3H3. The lowest BCUT2D eigenvalue weighted by Gasteiger charge is -2.28. The van der Waals surface area contributed by atoms with E-state index < -0.39 is 4.08 Å². The summed E-state index contributed by atoms with van der Waals surface area (Å²) >= 11 is 16.2. The van der Waals surface area contributed by atoms with Gasteiger partial charge in [0.1, 0.15) is 0 Å². The van der Waals surface area contributed by atoms with Gasteiger partial charge >= 0.3 is 0 Å². The Kier molecular flexibility index (Phi) is 6.06. The van der Waals surface area contributed by atoms with Crippen molar-refractivity contribution in [2.75, 3.05) is 18.8 Å². The smallest absolute Gasteiger partial charge is 0.219 e. The molecule has 1 rings (SSSR count). The number of carbonyl (C=O) groups excluding carboxylic acids is 1. The molecule has 6 heteroatoms. The minimum atomic E-state index is -0.645. The first-order valence-corrected chi connectivity index (χ1v) is 9.08. The minimum Gasteiger partial charge on any atom is -0.284 e. The van der Waals surface area contributed by atoms with Gasteiger partial charge in [0.05, 0.1) is 0 Å². The molecule has 0 aliphatic rings. The predicted molar refractivity (Wildman–Crippen MR) is 83.7 cm³/mol. The highest BCUT2D eigenvalue weighted by molar-refractivity contribution is 8.23. The molecule has 0 amide bonds. The average Bonchev–Trinajstić information content (AvgIpc) is 2.29. The molecule has 1 nitrogen and oxygen atoms in total. The summed E-state index contributed by atoms with van der Waals surface area (Å²) in [6.45, 7) is 0. The van der Waals surface area contributed by atoms with Crippen LogP contribution in [0.15, 0.2) is 18.2 Å². The van der Waals surface area contributed by atoms with Crippen molar-refractivity contribution in [2.45, 2.75) is 4.08 Å². The zero-order valence-corrected chi connectivity index (χ0v) is 13.6. The van der Waals surface area contributed by atoms with Crippen LogP contribution in [0.1, 0.15) is 5.56 Å². The summed E-state index contributed by atoms with van der Waals surface area (Å²) in [7, 11) is 0. The summed E-state index contributed by atoms with van der Waals surface area (Å²) in [6, 6.07) is 5.27. The Morgan fingerprint density at radius 1 is 1.06 bits per heavy atom. The van der Waals surface area contributed by atoms with Crippen LogP contribution in [0.5, 0.6) is 0 Å². The Labute approximate surface area is 124 Å². The van der Waals surface area contributed by atoms with Gasteiger partial charge in [0, 0.05) is 10.0 Å². The first-order chi connectivity index (χ1) is 8.00. The molecule has 0 bridgehead atoms. The van der Waals surface area contributed by atoms with Crippen LogP contribution < -0.4 is 0 Å². The Hall–Kier alpha value is 0.520. The summed E-state index contributed by atoms with van der Waals surface area (Å²) < 4.78 is -0.645. The Morgan fingerprint density at radius 3 is 1.88 bits per heavy atom. The third-order valence-corrected chi connectivity index (χ3v) is 6.64. The molecular weight excluding hydrogens is 315 g/mol. The van der Waals surface area contributed by atoms with Gasteiger partial charge < -0.3 is 0 Å². The molecule has 0 atom stereocenters. The fourth-order valence-electron chi connectivity index (χ4n) is 1.48. The van der Waals surface area contributed by atoms with Gasteiger partial charge in [-0.25, -0.2) is 0 Å². The van der Waals surface area contributed by atoms with Crippen molar-refractivity contribution in [1.29, 1.82) is 0 Å². The van der Waals surface area contributed by atoms with E-state index in [0.29, 0.717) is 10.0 Å². The Morgan fingerprint density at radius 2 is 1.53 bits per heavy atom. The largest absolute Gasteiger partial charge is 0.284 e. The van der Waals surface area contributed by atoms with E-state index in [9.17, 15) is 4.79 Å². The normalized spacial score (nSPS) is 11.6. The van der Waals surface area contributed by atoms with Crippen LogP contribution in [0.25, 0.3) is 0 Å². The molecule has 0 saturated carbocycles. The third kappa shape index (κ3) is 3.29. The van der Waals surface area contributed by atoms with E-state index in [1.54, 1.807) is 24.5 Å². The topological polar surface area (TPSA) is 17.1 Å². The molecule has 1 aromatic carbocycles. The number of benzene rings is 1. The maximum absolute atomic E-state index is 12.2. The number of halogens is 2. The highest BCUT2D eigenvalue weighted by Crippen LogP contribution is 2.48. The molecule has 1 aromatic rings. The van der Waals surface area contributed by atoms with Crippen LogP contribution in [0.4, 0.5) is 0 Å². The number of hydrogen-bond acceptors (Lipinski definition) is 4. The van der Waals surface area contributed by atoms with Crippen molar-refractivity contribution >= 4 is 63.6 Å². The molecule has 0 aliphatic heterocycles. The molecule has 0 saturated heterocycles. The zero-order chi connectivity index (χ0) is 13.1. The molecule has 0 fully saturated rings. The van der Waals surface area contributed by atoms with Crippen LogP contribution in [-0.2, 0) is 8.87 Å². The number of rotatable bonds is 4. The van der Waals surface area contributed by atoms with E-state index in [-0.39, 0.29) is 5.12 Å². The highest BCUT2D eigenvalue weighted by Gasteiger charge is 2.38. The van der Waals surface area contributed by atoms with Crippen molar-refractivity contribution < 1.29 is 4.79 Å². The van der Waals surface area contributed by atoms with E-state index in [1.165, 1.54) is 35.3 Å². The summed E-state index contributed by atoms with van der Waals surface area (Å²) in [5, 5.41) is 1.19. The molecular formula is C11H12Cl2OS3. The highest BCUT2D eigenvalue weighted by atomic mass is 35.5. The second-order valence-corrected chi connectivity index (χ2v) is 7.13. The van der Waals surface area contributed by atoms with Crippen LogP contribution in [-0.4, -0.2) is 23.9 Å². The van der Waals surface area contributed by atoms with Gasteiger partial charge in [-0.2, -0.15) is 0 Å². The molecule has 17 heavy (non-hydrogen) atoms. The van der Waals surface area contributed by atoms with Crippen LogP contribution in [0, 0.1) is 0 Å². The van der Waals surface area contributed by atoms with Gasteiger partial charge in [-0.1, -0.05) is 35.0 Å². The molecule has 94 valence electrons. The maximum Gasteiger partial charge on any atom is 0.219 e. The monoisotopic (exact) mass is 326 g/mol. The van der Waals surface area contributed by atoms with Crippen molar-refractivity contribution in [1.82, 2.24) is 0 Å². The second kappa shape index (κ2) is 6.62. The lowest BCUT2D eigenvalue weighted by atomic mass is 10.1. The van der Waals surface area contributed by atoms with E-state index in [1.807, 2.05) is 12.5 Å². The second-order valence-electron chi connectivity index (χ2n) is 3.17. The summed E-state index contributed by atoms with van der Waals surface area (Å²) in [4.78, 5) is 12.2. The van der Waals surface area contributed by atoms with Gasteiger partial charge in [-0.15, -0.1) is 23.5 Å². The minimum absolute atomic E-state index is 0.0934. The quantitative estimate of drug-likeness (QED) is 0.741. The first kappa shape index (κ1) is 15.6. The van der Waals surface area contributed by atoms with Crippen molar-refractivity contribution in [3.63, 3.8) is 0 Å². The summed E-state index contributed by atoms with van der Waals surface area (Å²) in [5.41, 5.74) is 0.842. The number of carbonyl (C=O) groups is 1. The first-order valence-electron chi connectivity index (χ1n) is 4.65. The third-order valence-electron chi connectivity index (χ3n) is 2.27. The van der Waals surface area contributed by atoms with Gasteiger partial charge in [0.2, 0.25) is 5.12 Å². The number of hydrogen-bond donors (Lipinski definition) is 0. The lowest BCUT2D eigenvalue weighted by molar-refractivity contribution is -0.111. The van der Waals surface area contributed by atoms with Gasteiger partial charge in [0.25, 0.3) is 0 Å². The van der Waals surface area contributed by atoms with Crippen LogP contribution in [0.2, 0.25) is 10.0 Å². The molecule has 0 N–H and O–H groups in total. The van der Waals surface area contributed by atoms with Gasteiger partial charge in [-0.05, 0) is 42.5 Å². The SMILES string of the molecule is CSC(=O)C(SC)(SC)c1cc(Cl)cc(Cl)c1. The van der Waals surface area contributed by atoms with Crippen LogP contribution >= 0.6 is 58.5 Å². The van der Waals surface area contributed by atoms with E-state index in [2.05, 4.69) is 0 Å². The van der Waals surface area contributed by atoms with E-state index in [0.717, 1.165) is 5.56 Å². The summed E-state index contributed by atoms with van der Waals surface area (Å²) in [5.74, 6) is 0. The average molecular weight is 327 g/mol. The van der Waals surface area contributed by atoms with Crippen LogP contribution in [0.3, 0.4) is 0 Å². The molecule has 0 spiro atoms. The number of thioether (sulfide) groups is 3. The predicted octanol–water partition coefficient (Wildman–Crippen LogP) is 4.76. The lowest BCUT2D eigenvalue weighted by Crippen LogP contribution is -2.26. The van der Waals surface area contributed by atoms with Crippen molar-refractivity contribution in [2.24, 2.45) is 0 Å². The van der Waals surface area contributed by atoms with E-state index >= 15 is 0 Å². The molecule has 0 aromatic heterocycles. The van der Waals surface area contributed by atoms with Gasteiger partial charge in [0.15, 0.2) is 4.08 Å². The molecule has 0 aliphatic carbocycles. The maximum atomic E-state index is 12.2. The summed E-state index contributed by atoms with van der Waals surface area (Å²) in [6.07, 6.45) is 5.62. The van der Waals surface area contributed by atoms with E-state index in [4.69, 9.17) is 23.2 Å². The Balaban J connectivity index is 3.36. The fraction of sp³-hybridized carbons (Fsp3) is 0.364. The van der Waals surface area contributed by atoms with Crippen molar-refractivity contribution in [3.05, 3.63) is 33.8 Å². The molecule has 0 heterocycles. The molecule has 0 radical (unpaired) electrons. The zero-order valence-electron chi connectivity index (χ0n) is 9.62. The fourth-order valence-corrected chi connectivity index (χ4v) is 5.10. The Bertz CT molecular complexity index is 399. The van der Waals surface area contributed by atoms with Crippen molar-refractivity contribution in [3.8, 4) is 0 Å². The van der Waals surface area contributed by atoms with Gasteiger partial charge in [-0.3, -0.25) is 4.79 Å².